The van der Waals surface area contributed by atoms with Crippen molar-refractivity contribution in [3.05, 3.63) is 64.2 Å². The smallest absolute Gasteiger partial charge is 0.269 e. The van der Waals surface area contributed by atoms with E-state index in [2.05, 4.69) is 15.2 Å². The van der Waals surface area contributed by atoms with E-state index in [1.54, 1.807) is 19.2 Å². The molecule has 2 aromatic carbocycles. The minimum absolute atomic E-state index is 0.00399. The number of nitrogens with zero attached hydrogens (tertiary/aromatic N) is 4. The van der Waals surface area contributed by atoms with E-state index in [-0.39, 0.29) is 28.7 Å². The van der Waals surface area contributed by atoms with Crippen LogP contribution in [0.4, 0.5) is 11.6 Å². The van der Waals surface area contributed by atoms with Gasteiger partial charge < -0.3 is 4.74 Å². The Morgan fingerprint density at radius 2 is 1.93 bits per heavy atom. The maximum absolute atomic E-state index is 12.4. The number of amides is 1. The molecule has 1 N–H and O–H groups in total. The summed E-state index contributed by atoms with van der Waals surface area (Å²) in [6, 6.07) is 13.5. The third-order valence-electron chi connectivity index (χ3n) is 4.31. The molecule has 10 heteroatoms. The zero-order chi connectivity index (χ0) is 19.7. The predicted octanol–water partition coefficient (Wildman–Crippen LogP) is 3.17. The fraction of sp³-hybridized carbons (Fsp3) is 0.167. The van der Waals surface area contributed by atoms with Gasteiger partial charge in [-0.25, -0.2) is 0 Å². The Hall–Kier alpha value is -3.40. The molecule has 1 atom stereocenters. The average molecular weight is 397 g/mol. The van der Waals surface area contributed by atoms with Crippen LogP contribution in [0.2, 0.25) is 0 Å². The second-order valence-corrected chi connectivity index (χ2v) is 7.06. The average Bonchev–Trinajstić information content (AvgIpc) is 3.34. The number of ether oxygens (including phenoxy) is 1. The zero-order valence-electron chi connectivity index (χ0n) is 14.7. The highest BCUT2D eigenvalue weighted by Crippen LogP contribution is 2.41. The number of H-pyrrole nitrogens is 1. The van der Waals surface area contributed by atoms with E-state index >= 15 is 0 Å². The summed E-state index contributed by atoms with van der Waals surface area (Å²) < 4.78 is 5.15. The van der Waals surface area contributed by atoms with Crippen LogP contribution in [-0.4, -0.2) is 38.9 Å². The Morgan fingerprint density at radius 1 is 1.21 bits per heavy atom. The van der Waals surface area contributed by atoms with Crippen LogP contribution in [0.15, 0.2) is 48.5 Å². The molecule has 1 amide bonds. The summed E-state index contributed by atoms with van der Waals surface area (Å²) in [5.41, 5.74) is 1.59. The molecular formula is C18H15N5O4S. The van der Waals surface area contributed by atoms with Crippen molar-refractivity contribution in [1.29, 1.82) is 0 Å². The molecule has 1 aromatic heterocycles. The van der Waals surface area contributed by atoms with Crippen LogP contribution in [0, 0.1) is 10.1 Å². The van der Waals surface area contributed by atoms with Crippen LogP contribution in [0.3, 0.4) is 0 Å². The van der Waals surface area contributed by atoms with Crippen molar-refractivity contribution in [1.82, 2.24) is 15.2 Å². The van der Waals surface area contributed by atoms with Gasteiger partial charge in [0.15, 0.2) is 5.82 Å². The highest BCUT2D eigenvalue weighted by Gasteiger charge is 2.36. The van der Waals surface area contributed by atoms with Gasteiger partial charge >= 0.3 is 0 Å². The largest absolute Gasteiger partial charge is 0.497 e. The molecule has 1 fully saturated rings. The maximum atomic E-state index is 12.4. The first-order valence-corrected chi connectivity index (χ1v) is 9.36. The van der Waals surface area contributed by atoms with Crippen LogP contribution in [0.5, 0.6) is 5.75 Å². The molecule has 3 aromatic rings. The third-order valence-corrected chi connectivity index (χ3v) is 5.52. The summed E-state index contributed by atoms with van der Waals surface area (Å²) in [7, 11) is 1.59. The first kappa shape index (κ1) is 18.0. The monoisotopic (exact) mass is 397 g/mol. The zero-order valence-corrected chi connectivity index (χ0v) is 15.5. The minimum Gasteiger partial charge on any atom is -0.497 e. The quantitative estimate of drug-likeness (QED) is 0.519. The molecule has 0 spiro atoms. The number of nitro groups is 1. The number of carbonyl (C=O) groups excluding carboxylic acids is 1. The molecule has 2 heterocycles. The number of carbonyl (C=O) groups is 1. The number of aromatic amines is 1. The van der Waals surface area contributed by atoms with Gasteiger partial charge in [-0.3, -0.25) is 24.9 Å². The fourth-order valence-electron chi connectivity index (χ4n) is 2.89. The predicted molar refractivity (Wildman–Crippen MR) is 104 cm³/mol. The summed E-state index contributed by atoms with van der Waals surface area (Å²) >= 11 is 1.43. The number of methoxy groups -OCH3 is 1. The van der Waals surface area contributed by atoms with E-state index in [9.17, 15) is 14.9 Å². The van der Waals surface area contributed by atoms with E-state index < -0.39 is 4.92 Å². The third kappa shape index (κ3) is 3.29. The number of nitro benzene ring substituents is 1. The summed E-state index contributed by atoms with van der Waals surface area (Å²) in [5, 5.41) is 17.6. The minimum atomic E-state index is -0.453. The lowest BCUT2D eigenvalue weighted by Crippen LogP contribution is -2.28. The van der Waals surface area contributed by atoms with Crippen molar-refractivity contribution in [3.63, 3.8) is 0 Å². The second-order valence-electron chi connectivity index (χ2n) is 5.99. The molecule has 1 aliphatic heterocycles. The normalized spacial score (nSPS) is 16.4. The van der Waals surface area contributed by atoms with Gasteiger partial charge in [-0.15, -0.1) is 16.9 Å². The highest BCUT2D eigenvalue weighted by molar-refractivity contribution is 8.00. The Bertz CT molecular complexity index is 1020. The van der Waals surface area contributed by atoms with Crippen LogP contribution >= 0.6 is 11.8 Å². The first-order valence-electron chi connectivity index (χ1n) is 8.31. The molecule has 1 saturated heterocycles. The van der Waals surface area contributed by atoms with Gasteiger partial charge in [0.2, 0.25) is 5.91 Å². The van der Waals surface area contributed by atoms with Crippen molar-refractivity contribution in [2.24, 2.45) is 0 Å². The molecule has 1 unspecified atom stereocenters. The highest BCUT2D eigenvalue weighted by atomic mass is 32.2. The van der Waals surface area contributed by atoms with Gasteiger partial charge in [0, 0.05) is 17.7 Å². The van der Waals surface area contributed by atoms with Crippen molar-refractivity contribution >= 4 is 29.3 Å². The molecule has 4 rings (SSSR count). The van der Waals surface area contributed by atoms with Gasteiger partial charge in [-0.05, 0) is 42.0 Å². The van der Waals surface area contributed by atoms with Gasteiger partial charge in [-0.1, -0.05) is 0 Å². The van der Waals surface area contributed by atoms with Crippen molar-refractivity contribution in [2.45, 2.75) is 5.37 Å². The summed E-state index contributed by atoms with van der Waals surface area (Å²) in [5.74, 6) is 1.70. The van der Waals surface area contributed by atoms with E-state index in [4.69, 9.17) is 4.74 Å². The van der Waals surface area contributed by atoms with Gasteiger partial charge in [0.1, 0.15) is 11.1 Å². The molecule has 28 heavy (non-hydrogen) atoms. The molecule has 0 bridgehead atoms. The van der Waals surface area contributed by atoms with Crippen LogP contribution < -0.4 is 9.64 Å². The standard InChI is InChI=1S/C18H15N5O4S/c1-27-14-8-4-11(5-9-14)16-19-18(21-20-16)22-15(24)10-28-17(22)12-2-6-13(7-3-12)23(25)26/h2-9,17H,10H2,1H3,(H,19,20,21). The number of thioether (sulfide) groups is 1. The molecule has 0 saturated carbocycles. The Morgan fingerprint density at radius 3 is 2.57 bits per heavy atom. The summed E-state index contributed by atoms with van der Waals surface area (Å²) in [6.45, 7) is 0. The summed E-state index contributed by atoms with van der Waals surface area (Å²) in [6.07, 6.45) is 0. The van der Waals surface area contributed by atoms with E-state index in [0.717, 1.165) is 16.9 Å². The van der Waals surface area contributed by atoms with Crippen LogP contribution in [0.25, 0.3) is 11.4 Å². The lowest BCUT2D eigenvalue weighted by atomic mass is 10.2. The molecular weight excluding hydrogens is 382 g/mol. The first-order chi connectivity index (χ1) is 13.6. The van der Waals surface area contributed by atoms with Crippen LogP contribution in [-0.2, 0) is 4.79 Å². The Balaban J connectivity index is 1.62. The number of hydrogen-bond acceptors (Lipinski definition) is 7. The molecule has 0 aliphatic carbocycles. The number of benzene rings is 2. The van der Waals surface area contributed by atoms with E-state index in [0.29, 0.717) is 5.82 Å². The Kier molecular flexibility index (Phi) is 4.70. The lowest BCUT2D eigenvalue weighted by molar-refractivity contribution is -0.384. The van der Waals surface area contributed by atoms with Gasteiger partial charge in [-0.2, -0.15) is 4.98 Å². The second kappa shape index (κ2) is 7.31. The van der Waals surface area contributed by atoms with Crippen molar-refractivity contribution < 1.29 is 14.5 Å². The topological polar surface area (TPSA) is 114 Å². The fourth-order valence-corrected chi connectivity index (χ4v) is 4.04. The van der Waals surface area contributed by atoms with Crippen molar-refractivity contribution in [2.75, 3.05) is 17.8 Å². The molecule has 142 valence electrons. The summed E-state index contributed by atoms with van der Waals surface area (Å²) in [4.78, 5) is 28.8. The maximum Gasteiger partial charge on any atom is 0.269 e. The van der Waals surface area contributed by atoms with Gasteiger partial charge in [0.05, 0.1) is 17.8 Å². The molecule has 1 aliphatic rings. The number of nitrogens with one attached hydrogen (secondary N) is 1. The number of rotatable bonds is 5. The SMILES string of the molecule is COc1ccc(-c2nc(N3C(=O)CSC3c3ccc([N+](=O)[O-])cc3)n[nH]2)cc1. The number of non-ortho nitro benzene ring substituents is 1. The Labute approximate surface area is 163 Å². The van der Waals surface area contributed by atoms with E-state index in [1.807, 2.05) is 24.3 Å². The van der Waals surface area contributed by atoms with Gasteiger partial charge in [0.25, 0.3) is 11.6 Å². The van der Waals surface area contributed by atoms with E-state index in [1.165, 1.54) is 28.8 Å². The molecule has 0 radical (unpaired) electrons. The lowest BCUT2D eigenvalue weighted by Gasteiger charge is -2.20. The van der Waals surface area contributed by atoms with Crippen molar-refractivity contribution in [3.8, 4) is 17.1 Å². The van der Waals surface area contributed by atoms with Crippen LogP contribution in [0.1, 0.15) is 10.9 Å². The number of anilines is 1. The molecule has 9 nitrogen and oxygen atoms in total. The number of aromatic nitrogens is 3. The number of hydrogen-bond donors (Lipinski definition) is 1.